The Balaban J connectivity index is 1.40. The van der Waals surface area contributed by atoms with Gasteiger partial charge in [0.25, 0.3) is 0 Å². The Morgan fingerprint density at radius 3 is 2.26 bits per heavy atom. The molecule has 4 aromatic rings. The van der Waals surface area contributed by atoms with E-state index >= 15 is 0 Å². The van der Waals surface area contributed by atoms with Crippen LogP contribution in [0.25, 0.3) is 0 Å². The molecule has 0 saturated carbocycles. The number of carbonyl (C=O) groups excluding carboxylic acids is 3. The highest BCUT2D eigenvalue weighted by Crippen LogP contribution is 2.54. The molecule has 0 spiro atoms. The second kappa shape index (κ2) is 11.3. The van der Waals surface area contributed by atoms with Gasteiger partial charge in [-0.3, -0.25) is 23.7 Å². The fourth-order valence-electron chi connectivity index (χ4n) is 5.46. The third-order valence-electron chi connectivity index (χ3n) is 7.58. The lowest BCUT2D eigenvalue weighted by Gasteiger charge is -2.31. The maximum atomic E-state index is 14.1. The molecule has 6 rings (SSSR count). The van der Waals surface area contributed by atoms with Crippen molar-refractivity contribution in [3.63, 3.8) is 0 Å². The summed E-state index contributed by atoms with van der Waals surface area (Å²) in [4.78, 5) is 57.7. The van der Waals surface area contributed by atoms with E-state index in [4.69, 9.17) is 4.74 Å². The summed E-state index contributed by atoms with van der Waals surface area (Å²) in [6, 6.07) is 19.8. The SMILES string of the molecule is COc1ccc(N2C(=O)C3Sc4c(sc(=O)n4CC(=O)Nc4ccc(F)cc4)C(c4ccc(N(C)C)cc4)C3C2=O)cc1. The fourth-order valence-corrected chi connectivity index (χ4v) is 8.23. The van der Waals surface area contributed by atoms with E-state index in [9.17, 15) is 23.6 Å². The zero-order chi connectivity index (χ0) is 30.4. The summed E-state index contributed by atoms with van der Waals surface area (Å²) in [5.74, 6) is -2.37. The Morgan fingerprint density at radius 2 is 1.63 bits per heavy atom. The van der Waals surface area contributed by atoms with Gasteiger partial charge in [-0.05, 0) is 66.2 Å². The zero-order valence-corrected chi connectivity index (χ0v) is 25.1. The molecule has 3 heterocycles. The molecule has 220 valence electrons. The van der Waals surface area contributed by atoms with Crippen LogP contribution in [0.2, 0.25) is 0 Å². The van der Waals surface area contributed by atoms with Gasteiger partial charge in [-0.1, -0.05) is 35.2 Å². The Labute approximate surface area is 254 Å². The van der Waals surface area contributed by atoms with Crippen LogP contribution in [0.15, 0.2) is 82.6 Å². The Hall–Kier alpha value is -4.42. The third-order valence-corrected chi connectivity index (χ3v) is 10.2. The monoisotopic (exact) mass is 618 g/mol. The molecular weight excluding hydrogens is 591 g/mol. The molecule has 12 heteroatoms. The summed E-state index contributed by atoms with van der Waals surface area (Å²) < 4.78 is 19.9. The molecule has 2 aliphatic rings. The van der Waals surface area contributed by atoms with E-state index in [1.54, 1.807) is 24.3 Å². The fraction of sp³-hybridized carbons (Fsp3) is 0.226. The number of nitrogens with one attached hydrogen (secondary N) is 1. The highest BCUT2D eigenvalue weighted by molar-refractivity contribution is 8.00. The summed E-state index contributed by atoms with van der Waals surface area (Å²) in [5, 5.41) is 2.37. The van der Waals surface area contributed by atoms with Crippen LogP contribution in [-0.2, 0) is 20.9 Å². The Kier molecular flexibility index (Phi) is 7.57. The first-order chi connectivity index (χ1) is 20.7. The molecule has 1 saturated heterocycles. The number of amides is 3. The lowest BCUT2D eigenvalue weighted by Crippen LogP contribution is -2.33. The summed E-state index contributed by atoms with van der Waals surface area (Å²) in [6.45, 7) is -0.303. The number of hydrogen-bond acceptors (Lipinski definition) is 8. The Morgan fingerprint density at radius 1 is 0.953 bits per heavy atom. The number of benzene rings is 3. The lowest BCUT2D eigenvalue weighted by molar-refractivity contribution is -0.122. The summed E-state index contributed by atoms with van der Waals surface area (Å²) >= 11 is 2.13. The van der Waals surface area contributed by atoms with Crippen molar-refractivity contribution in [1.29, 1.82) is 0 Å². The molecule has 0 aliphatic carbocycles. The van der Waals surface area contributed by atoms with Gasteiger partial charge in [0.15, 0.2) is 0 Å². The minimum Gasteiger partial charge on any atom is -0.497 e. The van der Waals surface area contributed by atoms with Crippen molar-refractivity contribution in [2.24, 2.45) is 5.92 Å². The second-order valence-electron chi connectivity index (χ2n) is 10.4. The number of fused-ring (bicyclic) bond motifs is 2. The van der Waals surface area contributed by atoms with Crippen LogP contribution in [0.3, 0.4) is 0 Å². The highest BCUT2D eigenvalue weighted by Gasteiger charge is 2.56. The summed E-state index contributed by atoms with van der Waals surface area (Å²) in [7, 11) is 5.39. The van der Waals surface area contributed by atoms with E-state index in [1.165, 1.54) is 40.8 Å². The number of imide groups is 1. The molecule has 3 amide bonds. The van der Waals surface area contributed by atoms with Crippen molar-refractivity contribution in [2.45, 2.75) is 22.7 Å². The van der Waals surface area contributed by atoms with Gasteiger partial charge in [-0.2, -0.15) is 0 Å². The molecule has 1 fully saturated rings. The molecule has 1 aromatic heterocycles. The van der Waals surface area contributed by atoms with Gasteiger partial charge in [0, 0.05) is 36.3 Å². The third kappa shape index (κ3) is 5.21. The number of rotatable bonds is 7. The number of anilines is 3. The van der Waals surface area contributed by atoms with Gasteiger partial charge < -0.3 is 15.0 Å². The number of aromatic nitrogens is 1. The van der Waals surface area contributed by atoms with E-state index in [1.807, 2.05) is 43.3 Å². The highest BCUT2D eigenvalue weighted by atomic mass is 32.2. The van der Waals surface area contributed by atoms with E-state index < -0.39 is 28.8 Å². The van der Waals surface area contributed by atoms with Crippen LogP contribution >= 0.6 is 23.1 Å². The van der Waals surface area contributed by atoms with E-state index in [-0.39, 0.29) is 23.2 Å². The number of ether oxygens (including phenoxy) is 1. The summed E-state index contributed by atoms with van der Waals surface area (Å²) in [5.41, 5.74) is 2.58. The van der Waals surface area contributed by atoms with Crippen LogP contribution in [0.1, 0.15) is 16.4 Å². The van der Waals surface area contributed by atoms with Gasteiger partial charge in [-0.25, -0.2) is 9.29 Å². The molecule has 3 unspecified atom stereocenters. The largest absolute Gasteiger partial charge is 0.497 e. The van der Waals surface area contributed by atoms with Gasteiger partial charge in [0.05, 0.1) is 23.7 Å². The maximum absolute atomic E-state index is 14.1. The van der Waals surface area contributed by atoms with Crippen LogP contribution in [0.4, 0.5) is 21.5 Å². The molecule has 43 heavy (non-hydrogen) atoms. The molecule has 3 aromatic carbocycles. The number of methoxy groups -OCH3 is 1. The average molecular weight is 619 g/mol. The first-order valence-corrected chi connectivity index (χ1v) is 15.1. The van der Waals surface area contributed by atoms with Gasteiger partial charge >= 0.3 is 4.87 Å². The molecule has 9 nitrogen and oxygen atoms in total. The first kappa shape index (κ1) is 28.7. The number of thiazole rings is 1. The van der Waals surface area contributed by atoms with Crippen molar-refractivity contribution in [2.75, 3.05) is 36.3 Å². The number of nitrogens with zero attached hydrogens (tertiary/aromatic N) is 3. The molecule has 1 N–H and O–H groups in total. The van der Waals surface area contributed by atoms with Gasteiger partial charge in [-0.15, -0.1) is 0 Å². The van der Waals surface area contributed by atoms with Crippen molar-refractivity contribution in [3.8, 4) is 5.75 Å². The van der Waals surface area contributed by atoms with Crippen LogP contribution in [0, 0.1) is 11.7 Å². The van der Waals surface area contributed by atoms with Gasteiger partial charge in [0.1, 0.15) is 23.4 Å². The number of thioether (sulfide) groups is 1. The molecule has 0 radical (unpaired) electrons. The van der Waals surface area contributed by atoms with Crippen molar-refractivity contribution in [3.05, 3.63) is 98.7 Å². The molecule has 0 bridgehead atoms. The van der Waals surface area contributed by atoms with Crippen LogP contribution in [0.5, 0.6) is 5.75 Å². The van der Waals surface area contributed by atoms with E-state index in [0.29, 0.717) is 27.0 Å². The molecule has 3 atom stereocenters. The zero-order valence-electron chi connectivity index (χ0n) is 23.4. The minimum absolute atomic E-state index is 0.303. The predicted octanol–water partition coefficient (Wildman–Crippen LogP) is 4.56. The topological polar surface area (TPSA) is 101 Å². The number of carbonyl (C=O) groups is 3. The normalized spacial score (nSPS) is 19.2. The predicted molar refractivity (Wildman–Crippen MR) is 165 cm³/mol. The number of hydrogen-bond donors (Lipinski definition) is 1. The first-order valence-electron chi connectivity index (χ1n) is 13.4. The van der Waals surface area contributed by atoms with E-state index in [0.717, 1.165) is 34.3 Å². The van der Waals surface area contributed by atoms with Crippen LogP contribution < -0.4 is 24.7 Å². The lowest BCUT2D eigenvalue weighted by atomic mass is 9.83. The minimum atomic E-state index is -0.805. The standard InChI is InChI=1S/C31H27FN4O5S2/c1-34(2)20-10-4-17(5-11-20)24-25-26(29(39)36(28(25)38)21-12-14-22(41-3)15-13-21)42-30-27(24)43-31(40)35(30)16-23(37)33-19-8-6-18(32)7-9-19/h4-15,24-26H,16H2,1-3H3,(H,33,37). The maximum Gasteiger partial charge on any atom is 0.308 e. The second-order valence-corrected chi connectivity index (χ2v) is 12.5. The Bertz CT molecular complexity index is 1770. The van der Waals surface area contributed by atoms with Crippen molar-refractivity contribution in [1.82, 2.24) is 4.57 Å². The quantitative estimate of drug-likeness (QED) is 0.303. The van der Waals surface area contributed by atoms with Crippen molar-refractivity contribution >= 4 is 57.9 Å². The molecular formula is C31H27FN4O5S2. The average Bonchev–Trinajstić information content (AvgIpc) is 3.44. The smallest absolute Gasteiger partial charge is 0.308 e. The summed E-state index contributed by atoms with van der Waals surface area (Å²) in [6.07, 6.45) is 0. The van der Waals surface area contributed by atoms with Gasteiger partial charge in [0.2, 0.25) is 17.7 Å². The van der Waals surface area contributed by atoms with Crippen LogP contribution in [-0.4, -0.2) is 48.7 Å². The van der Waals surface area contributed by atoms with Crippen molar-refractivity contribution < 1.29 is 23.5 Å². The number of halogens is 1. The molecule has 2 aliphatic heterocycles. The van der Waals surface area contributed by atoms with E-state index in [2.05, 4.69) is 5.32 Å².